The number of imide groups is 1. The molecule has 3 aromatic rings. The second-order valence-electron chi connectivity index (χ2n) is 7.99. The summed E-state index contributed by atoms with van der Waals surface area (Å²) in [7, 11) is 1.67. The molecule has 1 saturated heterocycles. The quantitative estimate of drug-likeness (QED) is 0.588. The Morgan fingerprint density at radius 2 is 1.38 bits per heavy atom. The number of nitrogens with zero attached hydrogens (tertiary/aromatic N) is 2. The fourth-order valence-electron chi connectivity index (χ4n) is 4.01. The summed E-state index contributed by atoms with van der Waals surface area (Å²) in [4.78, 5) is 41.9. The minimum absolute atomic E-state index is 0.299. The van der Waals surface area contributed by atoms with Gasteiger partial charge in [-0.2, -0.15) is 0 Å². The van der Waals surface area contributed by atoms with Crippen LogP contribution in [0.5, 0.6) is 0 Å². The summed E-state index contributed by atoms with van der Waals surface area (Å²) in [5, 5.41) is 2.89. The zero-order valence-corrected chi connectivity index (χ0v) is 17.9. The van der Waals surface area contributed by atoms with Gasteiger partial charge in [-0.15, -0.1) is 0 Å². The number of hydrogen-bond acceptors (Lipinski definition) is 3. The highest BCUT2D eigenvalue weighted by atomic mass is 16.2. The van der Waals surface area contributed by atoms with E-state index >= 15 is 0 Å². The molecule has 1 N–H and O–H groups in total. The molecule has 1 aliphatic heterocycles. The third kappa shape index (κ3) is 4.25. The number of urea groups is 1. The minimum Gasteiger partial charge on any atom is -0.340 e. The highest BCUT2D eigenvalue weighted by Gasteiger charge is 2.52. The smallest absolute Gasteiger partial charge is 0.325 e. The Morgan fingerprint density at radius 3 is 1.97 bits per heavy atom. The standard InChI is InChI=1S/C26H25N3O3/c1-28(18-21-13-7-3-8-14-21)23(30)19-29-24(31)26(27-25(29)32,22-15-9-4-10-16-22)17-20-11-5-2-6-12-20/h2-16H,17-19H2,1H3,(H,27,32)/t26-/m0/s1. The van der Waals surface area contributed by atoms with Crippen molar-refractivity contribution < 1.29 is 14.4 Å². The van der Waals surface area contributed by atoms with Gasteiger partial charge in [0.25, 0.3) is 5.91 Å². The molecule has 0 unspecified atom stereocenters. The molecule has 0 bridgehead atoms. The molecule has 0 saturated carbocycles. The van der Waals surface area contributed by atoms with Crippen LogP contribution in [0.15, 0.2) is 91.0 Å². The summed E-state index contributed by atoms with van der Waals surface area (Å²) >= 11 is 0. The highest BCUT2D eigenvalue weighted by Crippen LogP contribution is 2.33. The first-order chi connectivity index (χ1) is 15.5. The Balaban J connectivity index is 1.57. The summed E-state index contributed by atoms with van der Waals surface area (Å²) in [5.41, 5.74) is 1.33. The predicted octanol–water partition coefficient (Wildman–Crippen LogP) is 3.34. The maximum absolute atomic E-state index is 13.6. The van der Waals surface area contributed by atoms with Gasteiger partial charge in [0.2, 0.25) is 5.91 Å². The lowest BCUT2D eigenvalue weighted by atomic mass is 9.83. The molecule has 4 amide bonds. The van der Waals surface area contributed by atoms with Crippen LogP contribution >= 0.6 is 0 Å². The molecule has 6 nitrogen and oxygen atoms in total. The fourth-order valence-corrected chi connectivity index (χ4v) is 4.01. The number of nitrogens with one attached hydrogen (secondary N) is 1. The second-order valence-corrected chi connectivity index (χ2v) is 7.99. The maximum atomic E-state index is 13.6. The van der Waals surface area contributed by atoms with Gasteiger partial charge < -0.3 is 10.2 Å². The van der Waals surface area contributed by atoms with Crippen molar-refractivity contribution in [1.82, 2.24) is 15.1 Å². The number of likely N-dealkylation sites (N-methyl/N-ethyl adjacent to an activating group) is 1. The SMILES string of the molecule is CN(Cc1ccccc1)C(=O)CN1C(=O)N[C@@](Cc2ccccc2)(c2ccccc2)C1=O. The van der Waals surface area contributed by atoms with Crippen LogP contribution in [0.25, 0.3) is 0 Å². The average Bonchev–Trinajstić information content (AvgIpc) is 3.06. The normalized spacial score (nSPS) is 17.8. The Bertz CT molecular complexity index is 1100. The fraction of sp³-hybridized carbons (Fsp3) is 0.192. The molecular weight excluding hydrogens is 402 g/mol. The lowest BCUT2D eigenvalue weighted by molar-refractivity contribution is -0.138. The zero-order chi connectivity index (χ0) is 22.6. The van der Waals surface area contributed by atoms with Crippen LogP contribution in [0, 0.1) is 0 Å². The molecule has 32 heavy (non-hydrogen) atoms. The predicted molar refractivity (Wildman–Crippen MR) is 121 cm³/mol. The van der Waals surface area contributed by atoms with E-state index in [0.717, 1.165) is 16.0 Å². The summed E-state index contributed by atoms with van der Waals surface area (Å²) in [6.45, 7) is 0.0918. The number of benzene rings is 3. The van der Waals surface area contributed by atoms with Crippen molar-refractivity contribution in [2.75, 3.05) is 13.6 Å². The number of amides is 4. The van der Waals surface area contributed by atoms with E-state index in [9.17, 15) is 14.4 Å². The van der Waals surface area contributed by atoms with Gasteiger partial charge in [-0.25, -0.2) is 4.79 Å². The van der Waals surface area contributed by atoms with Crippen LogP contribution in [0.2, 0.25) is 0 Å². The first kappa shape index (κ1) is 21.3. The van der Waals surface area contributed by atoms with Gasteiger partial charge in [0, 0.05) is 20.0 Å². The van der Waals surface area contributed by atoms with Crippen molar-refractivity contribution in [3.05, 3.63) is 108 Å². The molecular formula is C26H25N3O3. The molecule has 162 valence electrons. The molecule has 0 aromatic heterocycles. The molecule has 4 rings (SSSR count). The largest absolute Gasteiger partial charge is 0.340 e. The average molecular weight is 428 g/mol. The molecule has 0 spiro atoms. The van der Waals surface area contributed by atoms with Gasteiger partial charge in [0.1, 0.15) is 6.54 Å². The van der Waals surface area contributed by atoms with Gasteiger partial charge in [-0.3, -0.25) is 14.5 Å². The van der Waals surface area contributed by atoms with Crippen molar-refractivity contribution in [2.24, 2.45) is 0 Å². The third-order valence-corrected chi connectivity index (χ3v) is 5.74. The van der Waals surface area contributed by atoms with Crippen LogP contribution in [0.3, 0.4) is 0 Å². The monoisotopic (exact) mass is 427 g/mol. The molecule has 1 atom stereocenters. The van der Waals surface area contributed by atoms with Gasteiger partial charge in [0.15, 0.2) is 5.54 Å². The summed E-state index contributed by atoms with van der Waals surface area (Å²) in [6.07, 6.45) is 0.299. The Labute approximate surface area is 187 Å². The highest BCUT2D eigenvalue weighted by molar-refractivity contribution is 6.09. The van der Waals surface area contributed by atoms with E-state index in [4.69, 9.17) is 0 Å². The second kappa shape index (κ2) is 9.06. The number of carbonyl (C=O) groups is 3. The maximum Gasteiger partial charge on any atom is 0.325 e. The Morgan fingerprint density at radius 1 is 0.844 bits per heavy atom. The summed E-state index contributed by atoms with van der Waals surface area (Å²) in [5.74, 6) is -0.722. The molecule has 1 heterocycles. The van der Waals surface area contributed by atoms with Crippen LogP contribution in [0.1, 0.15) is 16.7 Å². The van der Waals surface area contributed by atoms with Crippen molar-refractivity contribution >= 4 is 17.8 Å². The van der Waals surface area contributed by atoms with Crippen LogP contribution in [0.4, 0.5) is 4.79 Å². The number of rotatable bonds is 7. The van der Waals surface area contributed by atoms with E-state index in [-0.39, 0.29) is 12.5 Å². The van der Waals surface area contributed by atoms with E-state index in [1.165, 1.54) is 4.90 Å². The van der Waals surface area contributed by atoms with Crippen LogP contribution < -0.4 is 5.32 Å². The van der Waals surface area contributed by atoms with E-state index in [1.54, 1.807) is 7.05 Å². The van der Waals surface area contributed by atoms with E-state index in [0.29, 0.717) is 18.5 Å². The van der Waals surface area contributed by atoms with E-state index < -0.39 is 17.5 Å². The Kier molecular flexibility index (Phi) is 6.03. The molecule has 6 heteroatoms. The molecule has 1 aliphatic rings. The van der Waals surface area contributed by atoms with Gasteiger partial charge in [-0.1, -0.05) is 91.0 Å². The third-order valence-electron chi connectivity index (χ3n) is 5.74. The number of carbonyl (C=O) groups excluding carboxylic acids is 3. The first-order valence-corrected chi connectivity index (χ1v) is 10.5. The molecule has 0 radical (unpaired) electrons. The first-order valence-electron chi connectivity index (χ1n) is 10.5. The molecule has 3 aromatic carbocycles. The van der Waals surface area contributed by atoms with E-state index in [1.807, 2.05) is 91.0 Å². The van der Waals surface area contributed by atoms with Gasteiger partial charge in [0.05, 0.1) is 0 Å². The van der Waals surface area contributed by atoms with Gasteiger partial charge >= 0.3 is 6.03 Å². The summed E-state index contributed by atoms with van der Waals surface area (Å²) in [6, 6.07) is 27.8. The lowest BCUT2D eigenvalue weighted by Crippen LogP contribution is -2.47. The number of hydrogen-bond donors (Lipinski definition) is 1. The van der Waals surface area contributed by atoms with Crippen LogP contribution in [-0.4, -0.2) is 41.2 Å². The topological polar surface area (TPSA) is 69.7 Å². The lowest BCUT2D eigenvalue weighted by Gasteiger charge is -2.28. The van der Waals surface area contributed by atoms with Crippen molar-refractivity contribution in [3.63, 3.8) is 0 Å². The molecule has 0 aliphatic carbocycles. The van der Waals surface area contributed by atoms with E-state index in [2.05, 4.69) is 5.32 Å². The molecule has 1 fully saturated rings. The Hall–Kier alpha value is -3.93. The van der Waals surface area contributed by atoms with Crippen LogP contribution in [-0.2, 0) is 28.1 Å². The zero-order valence-electron chi connectivity index (χ0n) is 17.9. The summed E-state index contributed by atoms with van der Waals surface area (Å²) < 4.78 is 0. The van der Waals surface area contributed by atoms with Crippen molar-refractivity contribution in [2.45, 2.75) is 18.5 Å². The van der Waals surface area contributed by atoms with Gasteiger partial charge in [-0.05, 0) is 16.7 Å². The minimum atomic E-state index is -1.25. The van der Waals surface area contributed by atoms with Crippen molar-refractivity contribution in [1.29, 1.82) is 0 Å². The van der Waals surface area contributed by atoms with Crippen molar-refractivity contribution in [3.8, 4) is 0 Å².